The number of rotatable bonds is 4. The monoisotopic (exact) mass is 430 g/mol. The van der Waals surface area contributed by atoms with Crippen molar-refractivity contribution in [2.45, 2.75) is 18.6 Å². The Morgan fingerprint density at radius 2 is 1.88 bits per heavy atom. The number of amides is 2. The van der Waals surface area contributed by atoms with Gasteiger partial charge in [-0.2, -0.15) is 0 Å². The second-order valence-electron chi connectivity index (χ2n) is 7.65. The van der Waals surface area contributed by atoms with Gasteiger partial charge >= 0.3 is 0 Å². The van der Waals surface area contributed by atoms with Crippen molar-refractivity contribution in [1.82, 2.24) is 14.7 Å². The van der Waals surface area contributed by atoms with Crippen molar-refractivity contribution >= 4 is 23.1 Å². The highest BCUT2D eigenvalue weighted by molar-refractivity contribution is 6.04. The van der Waals surface area contributed by atoms with E-state index >= 15 is 0 Å². The number of fused-ring (bicyclic) bond motifs is 2. The Hall–Kier alpha value is -4.04. The van der Waals surface area contributed by atoms with Gasteiger partial charge in [-0.25, -0.2) is 9.37 Å². The number of imidazole rings is 1. The fourth-order valence-corrected chi connectivity index (χ4v) is 4.00. The van der Waals surface area contributed by atoms with Gasteiger partial charge in [0, 0.05) is 11.8 Å². The number of carbonyl (C=O) groups excluding carboxylic acids is 2. The van der Waals surface area contributed by atoms with Gasteiger partial charge in [0.2, 0.25) is 0 Å². The minimum absolute atomic E-state index is 0.121. The van der Waals surface area contributed by atoms with Crippen molar-refractivity contribution in [2.24, 2.45) is 0 Å². The van der Waals surface area contributed by atoms with E-state index in [9.17, 15) is 19.1 Å². The van der Waals surface area contributed by atoms with Crippen molar-refractivity contribution in [3.05, 3.63) is 101 Å². The van der Waals surface area contributed by atoms with Crippen molar-refractivity contribution < 1.29 is 19.1 Å². The van der Waals surface area contributed by atoms with Crippen LogP contribution >= 0.6 is 0 Å². The fourth-order valence-electron chi connectivity index (χ4n) is 4.00. The molecule has 3 N–H and O–H groups in total. The van der Waals surface area contributed by atoms with Crippen molar-refractivity contribution in [3.63, 3.8) is 0 Å². The molecule has 1 aliphatic carbocycles. The van der Waals surface area contributed by atoms with Crippen LogP contribution in [0.4, 0.5) is 10.1 Å². The first-order valence-electron chi connectivity index (χ1n) is 10.1. The minimum Gasteiger partial charge on any atom is -0.386 e. The zero-order chi connectivity index (χ0) is 22.2. The number of carbonyl (C=O) groups is 2. The maximum absolute atomic E-state index is 14.4. The number of nitrogens with zero attached hydrogens (tertiary/aromatic N) is 2. The molecule has 0 radical (unpaired) electrons. The van der Waals surface area contributed by atoms with Crippen LogP contribution in [-0.4, -0.2) is 32.3 Å². The van der Waals surface area contributed by atoms with Crippen LogP contribution in [0.5, 0.6) is 0 Å². The molecular weight excluding hydrogens is 411 g/mol. The van der Waals surface area contributed by atoms with Gasteiger partial charge in [0.15, 0.2) is 0 Å². The van der Waals surface area contributed by atoms with E-state index in [1.165, 1.54) is 18.3 Å². The predicted molar refractivity (Wildman–Crippen MR) is 116 cm³/mol. The Morgan fingerprint density at radius 3 is 2.72 bits per heavy atom. The third kappa shape index (κ3) is 3.50. The molecule has 0 unspecified atom stereocenters. The van der Waals surface area contributed by atoms with E-state index in [0.717, 1.165) is 17.2 Å². The molecule has 8 heteroatoms. The lowest BCUT2D eigenvalue weighted by Crippen LogP contribution is -2.37. The number of anilines is 1. The second-order valence-corrected chi connectivity index (χ2v) is 7.65. The minimum atomic E-state index is -0.815. The first-order valence-corrected chi connectivity index (χ1v) is 10.1. The molecule has 0 saturated carbocycles. The number of nitrogens with one attached hydrogen (secondary N) is 2. The number of benzene rings is 2. The van der Waals surface area contributed by atoms with Crippen molar-refractivity contribution in [3.8, 4) is 0 Å². The molecule has 0 fully saturated rings. The van der Waals surface area contributed by atoms with Gasteiger partial charge in [-0.3, -0.25) is 14.0 Å². The first-order chi connectivity index (χ1) is 15.5. The summed E-state index contributed by atoms with van der Waals surface area (Å²) in [6.07, 6.45) is 2.77. The average Bonchev–Trinajstić information content (AvgIpc) is 3.37. The lowest BCUT2D eigenvalue weighted by Gasteiger charge is -2.17. The molecular formula is C24H19FN4O3. The molecule has 0 bridgehead atoms. The topological polar surface area (TPSA) is 95.7 Å². The van der Waals surface area contributed by atoms with E-state index in [0.29, 0.717) is 12.1 Å². The summed E-state index contributed by atoms with van der Waals surface area (Å²) >= 11 is 0. The van der Waals surface area contributed by atoms with Crippen molar-refractivity contribution in [2.75, 3.05) is 5.32 Å². The van der Waals surface area contributed by atoms with E-state index in [1.54, 1.807) is 28.8 Å². The third-order valence-electron chi connectivity index (χ3n) is 5.64. The van der Waals surface area contributed by atoms with E-state index in [1.807, 2.05) is 24.3 Å². The summed E-state index contributed by atoms with van der Waals surface area (Å²) in [5.74, 6) is -1.69. The van der Waals surface area contributed by atoms with Gasteiger partial charge in [0.1, 0.15) is 17.2 Å². The molecule has 160 valence electrons. The smallest absolute Gasteiger partial charge is 0.274 e. The van der Waals surface area contributed by atoms with Crippen molar-refractivity contribution in [1.29, 1.82) is 0 Å². The van der Waals surface area contributed by atoms with Crippen LogP contribution in [0.1, 0.15) is 38.1 Å². The van der Waals surface area contributed by atoms with Crippen LogP contribution in [-0.2, 0) is 6.42 Å². The van der Waals surface area contributed by atoms with Gasteiger partial charge in [0.25, 0.3) is 11.8 Å². The van der Waals surface area contributed by atoms with Gasteiger partial charge < -0.3 is 15.7 Å². The van der Waals surface area contributed by atoms with Gasteiger partial charge in [-0.15, -0.1) is 0 Å². The van der Waals surface area contributed by atoms with Gasteiger partial charge in [-0.05, 0) is 47.9 Å². The average molecular weight is 430 g/mol. The number of pyridine rings is 1. The Kier molecular flexibility index (Phi) is 4.91. The Balaban J connectivity index is 1.34. The van der Waals surface area contributed by atoms with E-state index in [2.05, 4.69) is 15.6 Å². The second kappa shape index (κ2) is 7.90. The largest absolute Gasteiger partial charge is 0.386 e. The number of halogens is 1. The molecule has 2 aromatic carbocycles. The van der Waals surface area contributed by atoms with Gasteiger partial charge in [-0.1, -0.05) is 30.3 Å². The highest BCUT2D eigenvalue weighted by atomic mass is 19.1. The molecule has 2 atom stereocenters. The molecule has 4 aromatic rings. The number of hydrogen-bond acceptors (Lipinski definition) is 4. The molecule has 7 nitrogen and oxygen atoms in total. The quantitative estimate of drug-likeness (QED) is 0.464. The molecule has 2 heterocycles. The summed E-state index contributed by atoms with van der Waals surface area (Å²) in [5.41, 5.74) is 2.64. The Morgan fingerprint density at radius 1 is 1.06 bits per heavy atom. The standard InChI is InChI=1S/C24H19FN4O3/c25-17-9-8-15(23(31)28-19-11-14-5-1-2-6-16(14)22(19)30)12-18(17)27-24(32)20-13-26-21-7-3-4-10-29(20)21/h1-10,12-13,19,22,30H,11H2,(H,27,32)(H,28,31)/t19-,22-/m1/s1. The summed E-state index contributed by atoms with van der Waals surface area (Å²) in [6, 6.07) is 16.0. The highest BCUT2D eigenvalue weighted by Crippen LogP contribution is 2.31. The van der Waals surface area contributed by atoms with Crippen LogP contribution in [0, 0.1) is 5.82 Å². The summed E-state index contributed by atoms with van der Waals surface area (Å²) < 4.78 is 16.0. The number of aromatic nitrogens is 2. The summed E-state index contributed by atoms with van der Waals surface area (Å²) in [6.45, 7) is 0. The summed E-state index contributed by atoms with van der Waals surface area (Å²) in [7, 11) is 0. The molecule has 1 aliphatic rings. The van der Waals surface area contributed by atoms with Crippen LogP contribution in [0.15, 0.2) is 73.1 Å². The first kappa shape index (κ1) is 19.9. The van der Waals surface area contributed by atoms with Crippen LogP contribution in [0.25, 0.3) is 5.65 Å². The van der Waals surface area contributed by atoms with E-state index < -0.39 is 29.8 Å². The molecule has 2 aromatic heterocycles. The lowest BCUT2D eigenvalue weighted by atomic mass is 10.1. The number of aliphatic hydroxyl groups is 1. The molecule has 32 heavy (non-hydrogen) atoms. The Labute approximate surface area is 182 Å². The molecule has 2 amide bonds. The van der Waals surface area contributed by atoms with Crippen LogP contribution in [0.2, 0.25) is 0 Å². The SMILES string of the molecule is O=C(N[C@@H]1Cc2ccccc2[C@H]1O)c1ccc(F)c(NC(=O)c2cnc3ccccn23)c1. The zero-order valence-electron chi connectivity index (χ0n) is 16.8. The Bertz CT molecular complexity index is 1350. The predicted octanol–water partition coefficient (Wildman–Crippen LogP) is 3.11. The maximum atomic E-state index is 14.4. The van der Waals surface area contributed by atoms with Crippen LogP contribution in [0.3, 0.4) is 0 Å². The van der Waals surface area contributed by atoms with E-state index in [4.69, 9.17) is 0 Å². The van der Waals surface area contributed by atoms with Gasteiger partial charge in [0.05, 0.1) is 24.0 Å². The summed E-state index contributed by atoms with van der Waals surface area (Å²) in [4.78, 5) is 29.6. The normalized spacial score (nSPS) is 17.2. The third-order valence-corrected chi connectivity index (χ3v) is 5.64. The number of hydrogen-bond donors (Lipinski definition) is 3. The molecule has 0 saturated heterocycles. The highest BCUT2D eigenvalue weighted by Gasteiger charge is 2.32. The fraction of sp³-hybridized carbons (Fsp3) is 0.125. The van der Waals surface area contributed by atoms with E-state index in [-0.39, 0.29) is 16.9 Å². The maximum Gasteiger partial charge on any atom is 0.274 e. The molecule has 5 rings (SSSR count). The molecule has 0 aliphatic heterocycles. The van der Waals surface area contributed by atoms with Crippen LogP contribution < -0.4 is 10.6 Å². The zero-order valence-corrected chi connectivity index (χ0v) is 16.8. The number of aliphatic hydroxyl groups excluding tert-OH is 1. The summed E-state index contributed by atoms with van der Waals surface area (Å²) in [5, 5.41) is 15.8. The molecule has 0 spiro atoms. The lowest BCUT2D eigenvalue weighted by molar-refractivity contribution is 0.0858.